The lowest BCUT2D eigenvalue weighted by molar-refractivity contribution is -0.963. The average molecular weight is 1010 g/mol. The maximum absolute atomic E-state index is 16.5. The van der Waals surface area contributed by atoms with E-state index in [1.165, 1.54) is 0 Å². The molecule has 0 fully saturated rings. The second-order valence-corrected chi connectivity index (χ2v) is 10.9. The summed E-state index contributed by atoms with van der Waals surface area (Å²) in [7, 11) is 0. The number of nitrogens with zero attached hydrogens (tertiary/aromatic N) is 16. The Bertz CT molecular complexity index is 2200. The zero-order valence-electron chi connectivity index (χ0n) is 29.2. The second-order valence-electron chi connectivity index (χ2n) is 10.9. The van der Waals surface area contributed by atoms with E-state index in [2.05, 4.69) is 4.84 Å². The molecule has 0 spiro atoms. The Balaban J connectivity index is 11.6. The van der Waals surface area contributed by atoms with Gasteiger partial charge in [-0.05, 0) is 0 Å². The molecule has 54 heteroatoms. The highest BCUT2D eigenvalue weighted by atomic mass is 19.2. The summed E-state index contributed by atoms with van der Waals surface area (Å²) < 4.78 is 113. The molecule has 1 unspecified atom stereocenters. The van der Waals surface area contributed by atoms with Gasteiger partial charge in [0.25, 0.3) is 6.10 Å². The summed E-state index contributed by atoms with van der Waals surface area (Å²) in [5.74, 6) is -59.4. The number of nitro groups is 15. The van der Waals surface area contributed by atoms with Crippen LogP contribution in [0.15, 0.2) is 17.2 Å². The first-order valence-corrected chi connectivity index (χ1v) is 13.8. The Morgan fingerprint density at radius 3 is 0.836 bits per heavy atom. The standard InChI is InChI=1S/C13H3F7N16O31/c14-3(22(37)38)1-2(6(23(39)40,10(17,29(51)52)30(53)54)11(18,31(55)56)32(57)58)21-67-5(4(8(15,25(43)44)26(45)46)9(16,27(47)48)28(49)50)7(24(41)42,12(19,33(59)60)34(61)62)13(20,35(63)64)36(65)66/h1,4-5H/b3-1+,21-2-. The van der Waals surface area contributed by atoms with E-state index in [0.29, 0.717) is 0 Å². The third kappa shape index (κ3) is 7.08. The second kappa shape index (κ2) is 17.5. The molecule has 0 amide bonds. The molecule has 0 rings (SSSR count). The molecule has 0 aliphatic rings. The van der Waals surface area contributed by atoms with Crippen LogP contribution in [0.2, 0.25) is 0 Å². The van der Waals surface area contributed by atoms with Crippen molar-refractivity contribution in [1.82, 2.24) is 0 Å². The topological polar surface area (TPSA) is 669 Å². The molecule has 370 valence electrons. The predicted octanol–water partition coefficient (Wildman–Crippen LogP) is -2.48. The minimum atomic E-state index is -8.58. The number of rotatable bonds is 27. The highest BCUT2D eigenvalue weighted by Crippen LogP contribution is 2.54. The highest BCUT2D eigenvalue weighted by Gasteiger charge is 3.13. The van der Waals surface area contributed by atoms with Crippen molar-refractivity contribution in [3.8, 4) is 0 Å². The van der Waals surface area contributed by atoms with E-state index in [9.17, 15) is 156 Å². The van der Waals surface area contributed by atoms with Gasteiger partial charge in [-0.15, -0.1) is 4.39 Å². The molecule has 0 aromatic heterocycles. The lowest BCUT2D eigenvalue weighted by Gasteiger charge is -2.32. The highest BCUT2D eigenvalue weighted by molar-refractivity contribution is 6.02. The van der Waals surface area contributed by atoms with Crippen molar-refractivity contribution in [1.29, 1.82) is 0 Å². The smallest absolute Gasteiger partial charge is 0.381 e. The third-order valence-electron chi connectivity index (χ3n) is 7.98. The van der Waals surface area contributed by atoms with Gasteiger partial charge >= 0.3 is 58.4 Å². The van der Waals surface area contributed by atoms with Gasteiger partial charge in [-0.3, -0.25) is 152 Å². The van der Waals surface area contributed by atoms with E-state index < -0.39 is 150 Å². The van der Waals surface area contributed by atoms with Gasteiger partial charge in [0.1, 0.15) is 59.1 Å². The summed E-state index contributed by atoms with van der Waals surface area (Å²) in [6.45, 7) is 0. The molecule has 0 radical (unpaired) electrons. The van der Waals surface area contributed by atoms with Crippen LogP contribution in [0, 0.1) is 158 Å². The molecule has 0 bridgehead atoms. The van der Waals surface area contributed by atoms with Crippen molar-refractivity contribution < 1.29 is 109 Å². The van der Waals surface area contributed by atoms with Crippen molar-refractivity contribution in [3.63, 3.8) is 0 Å². The first kappa shape index (κ1) is 56.7. The van der Waals surface area contributed by atoms with E-state index in [1.807, 2.05) is 0 Å². The zero-order chi connectivity index (χ0) is 54.1. The van der Waals surface area contributed by atoms with Gasteiger partial charge in [0.2, 0.25) is 5.71 Å². The number of oxime groups is 1. The van der Waals surface area contributed by atoms with Crippen LogP contribution < -0.4 is 0 Å². The van der Waals surface area contributed by atoms with Gasteiger partial charge in [0.05, 0.1) is 20.8 Å². The Labute approximate surface area is 343 Å². The number of halogens is 7. The predicted molar refractivity (Wildman–Crippen MR) is 158 cm³/mol. The molecule has 1 atom stereocenters. The summed E-state index contributed by atoms with van der Waals surface area (Å²) in [6.07, 6.45) is -9.94. The summed E-state index contributed by atoms with van der Waals surface area (Å²) in [5, 5.41) is 178. The molecule has 0 aromatic rings. The lowest BCUT2D eigenvalue weighted by atomic mass is 9.73. The minimum Gasteiger partial charge on any atom is -0.381 e. The molecular formula is C13H3F7N16O31. The van der Waals surface area contributed by atoms with Crippen LogP contribution in [-0.2, 0) is 4.84 Å². The molecule has 0 aliphatic carbocycles. The molecule has 0 heterocycles. The van der Waals surface area contributed by atoms with Crippen LogP contribution in [0.4, 0.5) is 30.7 Å². The Morgan fingerprint density at radius 2 is 0.657 bits per heavy atom. The molecule has 47 nitrogen and oxygen atoms in total. The fourth-order valence-corrected chi connectivity index (χ4v) is 5.17. The number of hydrogen-bond donors (Lipinski definition) is 0. The van der Waals surface area contributed by atoms with Crippen LogP contribution >= 0.6 is 0 Å². The summed E-state index contributed by atoms with van der Waals surface area (Å²) in [6, 6.07) is 0. The van der Waals surface area contributed by atoms with Crippen LogP contribution in [0.1, 0.15) is 0 Å². The third-order valence-corrected chi connectivity index (χ3v) is 7.98. The van der Waals surface area contributed by atoms with Crippen LogP contribution in [-0.4, -0.2) is 132 Å². The molecule has 0 aromatic carbocycles. The largest absolute Gasteiger partial charge is 0.712 e. The van der Waals surface area contributed by atoms with Crippen molar-refractivity contribution in [2.75, 3.05) is 0 Å². The lowest BCUT2D eigenvalue weighted by Crippen LogP contribution is -2.86. The Kier molecular flexibility index (Phi) is 14.8. The maximum atomic E-state index is 16.5. The van der Waals surface area contributed by atoms with Gasteiger partial charge in [0, 0.05) is 0 Å². The van der Waals surface area contributed by atoms with E-state index in [1.54, 1.807) is 0 Å². The van der Waals surface area contributed by atoms with Gasteiger partial charge in [-0.1, -0.05) is 31.5 Å². The fraction of sp³-hybridized carbons (Fsp3) is 0.769. The van der Waals surface area contributed by atoms with Crippen molar-refractivity contribution in [3.05, 3.63) is 164 Å². The maximum Gasteiger partial charge on any atom is 0.712 e. The van der Waals surface area contributed by atoms with Gasteiger partial charge < -0.3 is 4.84 Å². The van der Waals surface area contributed by atoms with Crippen molar-refractivity contribution in [2.45, 2.75) is 52.7 Å². The molecule has 0 N–H and O–H groups in total. The average Bonchev–Trinajstić information content (AvgIpc) is 3.17. The first-order chi connectivity index (χ1) is 29.9. The van der Waals surface area contributed by atoms with Crippen molar-refractivity contribution in [2.24, 2.45) is 11.1 Å². The normalized spacial score (nSPS) is 13.9. The van der Waals surface area contributed by atoms with Crippen LogP contribution in [0.25, 0.3) is 0 Å². The molecule has 67 heavy (non-hydrogen) atoms. The summed E-state index contributed by atoms with van der Waals surface area (Å²) in [5.41, 5.74) is -21.4. The molecule has 0 saturated carbocycles. The van der Waals surface area contributed by atoms with Gasteiger partial charge in [-0.25, -0.2) is 0 Å². The van der Waals surface area contributed by atoms with Crippen LogP contribution in [0.5, 0.6) is 0 Å². The summed E-state index contributed by atoms with van der Waals surface area (Å²) in [4.78, 5) is 120. The van der Waals surface area contributed by atoms with Gasteiger partial charge in [0.15, 0.2) is 0 Å². The molecular weight excluding hydrogens is 1010 g/mol. The summed E-state index contributed by atoms with van der Waals surface area (Å²) >= 11 is 0. The Hall–Kier alpha value is -10.3. The monoisotopic (exact) mass is 1010 g/mol. The number of hydrogen-bond acceptors (Lipinski definition) is 32. The molecule has 0 saturated heterocycles. The minimum absolute atomic E-state index is 0.904. The zero-order valence-corrected chi connectivity index (χ0v) is 29.2. The fourth-order valence-electron chi connectivity index (χ4n) is 5.17. The van der Waals surface area contributed by atoms with E-state index in [0.717, 1.165) is 5.16 Å². The SMILES string of the molecule is O=[N+]([O-])/C(F)=C/C(=N/OC(C(C(F)([N+](=O)[O-])[N+](=O)[O-])C(F)([N+](=O)[O-])[N+](=O)[O-])C([N+](=O)[O-])(C(F)([N+](=O)[O-])[N+](=O)[O-])C(F)([N+](=O)[O-])[N+](=O)[O-])C([N+](=O)[O-])(C(F)([N+](=O)[O-])[N+](=O)[O-])C(F)([N+](=O)[O-])[N+](=O)[O-]. The Morgan fingerprint density at radius 1 is 0.403 bits per heavy atom. The number of alkyl halides is 6. The van der Waals surface area contributed by atoms with E-state index in [-0.39, 0.29) is 0 Å². The van der Waals surface area contributed by atoms with Crippen LogP contribution in [0.3, 0.4) is 0 Å². The van der Waals surface area contributed by atoms with Crippen molar-refractivity contribution >= 4 is 5.71 Å². The quantitative estimate of drug-likeness (QED) is 0.0205. The van der Waals surface area contributed by atoms with E-state index in [4.69, 9.17) is 0 Å². The first-order valence-electron chi connectivity index (χ1n) is 13.8. The molecule has 0 aliphatic heterocycles. The van der Waals surface area contributed by atoms with E-state index >= 15 is 26.3 Å². The van der Waals surface area contributed by atoms with Gasteiger partial charge in [-0.2, -0.15) is 0 Å².